The Kier molecular flexibility index (Phi) is 6.29. The van der Waals surface area contributed by atoms with Gasteiger partial charge in [-0.2, -0.15) is 4.31 Å². The molecular weight excluding hydrogens is 419 g/mol. The highest BCUT2D eigenvalue weighted by atomic mass is 32.2. The van der Waals surface area contributed by atoms with Gasteiger partial charge < -0.3 is 10.0 Å². The zero-order valence-corrected chi connectivity index (χ0v) is 18.1. The van der Waals surface area contributed by atoms with Crippen molar-refractivity contribution < 1.29 is 22.7 Å². The van der Waals surface area contributed by atoms with Gasteiger partial charge in [-0.05, 0) is 61.4 Å². The lowest BCUT2D eigenvalue weighted by Gasteiger charge is -2.37. The predicted octanol–water partition coefficient (Wildman–Crippen LogP) is 3.34. The number of carbonyl (C=O) groups excluding carboxylic acids is 1. The number of hydrogen-bond donors (Lipinski definition) is 1. The summed E-state index contributed by atoms with van der Waals surface area (Å²) >= 11 is 0. The fourth-order valence-electron chi connectivity index (χ4n) is 4.57. The van der Waals surface area contributed by atoms with Crippen molar-refractivity contribution in [1.82, 2.24) is 9.21 Å². The third-order valence-electron chi connectivity index (χ3n) is 6.43. The molecule has 31 heavy (non-hydrogen) atoms. The first kappa shape index (κ1) is 21.8. The second-order valence-corrected chi connectivity index (χ2v) is 10.2. The summed E-state index contributed by atoms with van der Waals surface area (Å²) in [6.45, 7) is 1.80. The summed E-state index contributed by atoms with van der Waals surface area (Å²) in [5.41, 5.74) is 1.18. The van der Waals surface area contributed by atoms with E-state index in [1.54, 1.807) is 12.1 Å². The standard InChI is InChI=1S/C23H27FN2O4S/c24-21-3-1-2-4-22(21)31(29,30)26-15-11-19(12-16-26)23(28)25-13-9-18(10-14-25)17-5-7-20(27)8-6-17/h1-8,18-19,27H,9-16H2. The van der Waals surface area contributed by atoms with Gasteiger partial charge >= 0.3 is 0 Å². The van der Waals surface area contributed by atoms with E-state index >= 15 is 0 Å². The molecule has 0 aliphatic carbocycles. The molecule has 0 bridgehead atoms. The van der Waals surface area contributed by atoms with Crippen molar-refractivity contribution in [2.45, 2.75) is 36.5 Å². The van der Waals surface area contributed by atoms with Gasteiger partial charge in [-0.3, -0.25) is 4.79 Å². The van der Waals surface area contributed by atoms with E-state index in [9.17, 15) is 22.7 Å². The zero-order valence-electron chi connectivity index (χ0n) is 17.3. The number of benzene rings is 2. The molecule has 166 valence electrons. The number of rotatable bonds is 4. The van der Waals surface area contributed by atoms with E-state index in [2.05, 4.69) is 0 Å². The Balaban J connectivity index is 1.32. The second kappa shape index (κ2) is 8.96. The van der Waals surface area contributed by atoms with Crippen molar-refractivity contribution >= 4 is 15.9 Å². The van der Waals surface area contributed by atoms with Crippen molar-refractivity contribution in [1.29, 1.82) is 0 Å². The van der Waals surface area contributed by atoms with Crippen molar-refractivity contribution in [2.24, 2.45) is 5.92 Å². The van der Waals surface area contributed by atoms with E-state index < -0.39 is 15.8 Å². The number of amides is 1. The number of carbonyl (C=O) groups is 1. The number of aromatic hydroxyl groups is 1. The van der Waals surface area contributed by atoms with Gasteiger partial charge in [0.15, 0.2) is 0 Å². The molecule has 2 heterocycles. The van der Waals surface area contributed by atoms with Crippen LogP contribution in [-0.2, 0) is 14.8 Å². The highest BCUT2D eigenvalue weighted by Gasteiger charge is 2.35. The van der Waals surface area contributed by atoms with Crippen LogP contribution >= 0.6 is 0 Å². The monoisotopic (exact) mass is 446 g/mol. The third-order valence-corrected chi connectivity index (χ3v) is 8.36. The topological polar surface area (TPSA) is 77.9 Å². The highest BCUT2D eigenvalue weighted by Crippen LogP contribution is 2.31. The number of hydrogen-bond acceptors (Lipinski definition) is 4. The molecule has 2 aliphatic rings. The van der Waals surface area contributed by atoms with Gasteiger partial charge in [0.05, 0.1) is 0 Å². The van der Waals surface area contributed by atoms with E-state index in [0.29, 0.717) is 31.8 Å². The Labute approximate surface area is 182 Å². The Morgan fingerprint density at radius 3 is 2.13 bits per heavy atom. The van der Waals surface area contributed by atoms with E-state index in [1.807, 2.05) is 17.0 Å². The number of sulfonamides is 1. The molecule has 0 unspecified atom stereocenters. The smallest absolute Gasteiger partial charge is 0.245 e. The van der Waals surface area contributed by atoms with Crippen molar-refractivity contribution in [3.05, 3.63) is 59.9 Å². The van der Waals surface area contributed by atoms with Crippen molar-refractivity contribution in [3.8, 4) is 5.75 Å². The van der Waals surface area contributed by atoms with Crippen LogP contribution in [0.4, 0.5) is 4.39 Å². The van der Waals surface area contributed by atoms with E-state index in [4.69, 9.17) is 0 Å². The number of halogens is 1. The fraction of sp³-hybridized carbons (Fsp3) is 0.435. The molecule has 0 saturated carbocycles. The SMILES string of the molecule is O=C(C1CCN(S(=O)(=O)c2ccccc2F)CC1)N1CCC(c2ccc(O)cc2)CC1. The summed E-state index contributed by atoms with van der Waals surface area (Å²) < 4.78 is 40.8. The van der Waals surface area contributed by atoms with E-state index in [-0.39, 0.29) is 35.6 Å². The average Bonchev–Trinajstić information content (AvgIpc) is 2.79. The van der Waals surface area contributed by atoms with Crippen LogP contribution < -0.4 is 0 Å². The molecular formula is C23H27FN2O4S. The van der Waals surface area contributed by atoms with Crippen LogP contribution in [0, 0.1) is 11.7 Å². The van der Waals surface area contributed by atoms with Crippen LogP contribution in [0.5, 0.6) is 5.75 Å². The Morgan fingerprint density at radius 1 is 0.903 bits per heavy atom. The molecule has 2 aromatic carbocycles. The number of likely N-dealkylation sites (tertiary alicyclic amines) is 1. The van der Waals surface area contributed by atoms with Gasteiger partial charge in [0.1, 0.15) is 16.5 Å². The van der Waals surface area contributed by atoms with Gasteiger partial charge in [-0.25, -0.2) is 12.8 Å². The van der Waals surface area contributed by atoms with Crippen molar-refractivity contribution in [3.63, 3.8) is 0 Å². The molecule has 1 amide bonds. The minimum Gasteiger partial charge on any atom is -0.508 e. The first-order chi connectivity index (χ1) is 14.9. The Bertz CT molecular complexity index is 1030. The highest BCUT2D eigenvalue weighted by molar-refractivity contribution is 7.89. The van der Waals surface area contributed by atoms with E-state index in [0.717, 1.165) is 18.9 Å². The zero-order chi connectivity index (χ0) is 22.0. The van der Waals surface area contributed by atoms with Crippen LogP contribution in [0.2, 0.25) is 0 Å². The summed E-state index contributed by atoms with van der Waals surface area (Å²) in [7, 11) is -3.89. The molecule has 2 aliphatic heterocycles. The van der Waals surface area contributed by atoms with E-state index in [1.165, 1.54) is 28.1 Å². The lowest BCUT2D eigenvalue weighted by atomic mass is 9.88. The van der Waals surface area contributed by atoms with Crippen LogP contribution in [0.15, 0.2) is 53.4 Å². The molecule has 0 atom stereocenters. The second-order valence-electron chi connectivity index (χ2n) is 8.30. The number of phenolic OH excluding ortho intramolecular Hbond substituents is 1. The maximum Gasteiger partial charge on any atom is 0.245 e. The number of nitrogens with zero attached hydrogens (tertiary/aromatic N) is 2. The molecule has 4 rings (SSSR count). The van der Waals surface area contributed by atoms with Gasteiger partial charge in [0.2, 0.25) is 15.9 Å². The van der Waals surface area contributed by atoms with Crippen LogP contribution in [0.3, 0.4) is 0 Å². The predicted molar refractivity (Wildman–Crippen MR) is 115 cm³/mol. The van der Waals surface area contributed by atoms with Gasteiger partial charge in [-0.1, -0.05) is 24.3 Å². The molecule has 1 N–H and O–H groups in total. The van der Waals surface area contributed by atoms with Gasteiger partial charge in [0, 0.05) is 32.1 Å². The third kappa shape index (κ3) is 4.60. The Morgan fingerprint density at radius 2 is 1.52 bits per heavy atom. The maximum atomic E-state index is 14.0. The molecule has 2 fully saturated rings. The minimum atomic E-state index is -3.89. The summed E-state index contributed by atoms with van der Waals surface area (Å²) in [4.78, 5) is 14.6. The summed E-state index contributed by atoms with van der Waals surface area (Å²) in [6, 6.07) is 12.6. The molecule has 8 heteroatoms. The lowest BCUT2D eigenvalue weighted by Crippen LogP contribution is -2.46. The van der Waals surface area contributed by atoms with Gasteiger partial charge in [-0.15, -0.1) is 0 Å². The normalized spacial score (nSPS) is 19.5. The summed E-state index contributed by atoms with van der Waals surface area (Å²) in [5.74, 6) is -0.237. The average molecular weight is 447 g/mol. The minimum absolute atomic E-state index is 0.0899. The summed E-state index contributed by atoms with van der Waals surface area (Å²) in [6.07, 6.45) is 2.64. The molecule has 0 radical (unpaired) electrons. The summed E-state index contributed by atoms with van der Waals surface area (Å²) in [5, 5.41) is 9.45. The number of piperidine rings is 2. The fourth-order valence-corrected chi connectivity index (χ4v) is 6.11. The first-order valence-electron chi connectivity index (χ1n) is 10.7. The van der Waals surface area contributed by atoms with Crippen molar-refractivity contribution in [2.75, 3.05) is 26.2 Å². The molecule has 6 nitrogen and oxygen atoms in total. The molecule has 2 aromatic rings. The van der Waals surface area contributed by atoms with Crippen LogP contribution in [0.1, 0.15) is 37.2 Å². The van der Waals surface area contributed by atoms with Gasteiger partial charge in [0.25, 0.3) is 0 Å². The molecule has 2 saturated heterocycles. The first-order valence-corrected chi connectivity index (χ1v) is 12.1. The quantitative estimate of drug-likeness (QED) is 0.782. The maximum absolute atomic E-state index is 14.0. The van der Waals surface area contributed by atoms with Crippen LogP contribution in [0.25, 0.3) is 0 Å². The lowest BCUT2D eigenvalue weighted by molar-refractivity contribution is -0.137. The Hall–Kier alpha value is -2.45. The largest absolute Gasteiger partial charge is 0.508 e. The molecule has 0 spiro atoms. The van der Waals surface area contributed by atoms with Crippen LogP contribution in [-0.4, -0.2) is 54.8 Å². The number of phenols is 1. The molecule has 0 aromatic heterocycles.